The van der Waals surface area contributed by atoms with Gasteiger partial charge in [-0.2, -0.15) is 0 Å². The summed E-state index contributed by atoms with van der Waals surface area (Å²) >= 11 is 12.7. The summed E-state index contributed by atoms with van der Waals surface area (Å²) in [6.07, 6.45) is 0. The molecular formula is C26H26Cl2N4O3. The Hall–Kier alpha value is -3.13. The Bertz CT molecular complexity index is 1430. The van der Waals surface area contributed by atoms with Gasteiger partial charge < -0.3 is 10.1 Å². The fourth-order valence-electron chi connectivity index (χ4n) is 3.89. The van der Waals surface area contributed by atoms with Gasteiger partial charge in [0.2, 0.25) is 0 Å². The molecule has 0 fully saturated rings. The number of nitrogens with zero attached hydrogens (tertiary/aromatic N) is 3. The summed E-state index contributed by atoms with van der Waals surface area (Å²) < 4.78 is 8.71. The van der Waals surface area contributed by atoms with Crippen LogP contribution in [-0.4, -0.2) is 39.5 Å². The van der Waals surface area contributed by atoms with E-state index in [9.17, 15) is 9.59 Å². The van der Waals surface area contributed by atoms with Gasteiger partial charge in [-0.3, -0.25) is 14.2 Å². The molecule has 0 saturated carbocycles. The van der Waals surface area contributed by atoms with Crippen LogP contribution in [0.25, 0.3) is 28.0 Å². The van der Waals surface area contributed by atoms with Crippen molar-refractivity contribution < 1.29 is 9.53 Å². The number of hydrogen-bond acceptors (Lipinski definition) is 4. The lowest BCUT2D eigenvalue weighted by molar-refractivity contribution is 0.0940. The molecule has 1 amide bonds. The SMILES string of the molecule is CCOCCn1c(=O)c(C(=O)NC(C)C)cc2c(-c3ccc(Cl)cc3)n(-c3ccccc3Cl)nc21. The molecule has 0 aliphatic heterocycles. The minimum atomic E-state index is -0.440. The molecule has 182 valence electrons. The molecule has 0 radical (unpaired) electrons. The van der Waals surface area contributed by atoms with E-state index >= 15 is 0 Å². The van der Waals surface area contributed by atoms with Crippen LogP contribution in [0.2, 0.25) is 10.0 Å². The number of benzene rings is 2. The van der Waals surface area contributed by atoms with Crippen molar-refractivity contribution in [1.82, 2.24) is 19.7 Å². The third kappa shape index (κ3) is 5.12. The van der Waals surface area contributed by atoms with Gasteiger partial charge >= 0.3 is 0 Å². The van der Waals surface area contributed by atoms with Gasteiger partial charge in [0.15, 0.2) is 5.65 Å². The quantitative estimate of drug-likeness (QED) is 0.323. The van der Waals surface area contributed by atoms with Gasteiger partial charge in [-0.1, -0.05) is 47.5 Å². The number of carbonyl (C=O) groups excluding carboxylic acids is 1. The van der Waals surface area contributed by atoms with Crippen LogP contribution in [0.5, 0.6) is 0 Å². The number of ether oxygens (including phenoxy) is 1. The predicted octanol–water partition coefficient (Wildman–Crippen LogP) is 5.34. The average molecular weight is 513 g/mol. The van der Waals surface area contributed by atoms with E-state index < -0.39 is 11.5 Å². The van der Waals surface area contributed by atoms with Crippen molar-refractivity contribution in [2.75, 3.05) is 13.2 Å². The van der Waals surface area contributed by atoms with Gasteiger partial charge in [0.25, 0.3) is 11.5 Å². The number of pyridine rings is 1. The van der Waals surface area contributed by atoms with Crippen molar-refractivity contribution in [3.63, 3.8) is 0 Å². The molecule has 0 spiro atoms. The highest BCUT2D eigenvalue weighted by atomic mass is 35.5. The molecule has 2 heterocycles. The Kier molecular flexibility index (Phi) is 7.60. The zero-order chi connectivity index (χ0) is 25.1. The topological polar surface area (TPSA) is 78.1 Å². The number of aromatic nitrogens is 3. The first-order valence-corrected chi connectivity index (χ1v) is 12.1. The average Bonchev–Trinajstić information content (AvgIpc) is 3.19. The van der Waals surface area contributed by atoms with Crippen LogP contribution in [0, 0.1) is 0 Å². The molecule has 0 aliphatic carbocycles. The number of amides is 1. The van der Waals surface area contributed by atoms with E-state index in [0.717, 1.165) is 5.56 Å². The second-order valence-electron chi connectivity index (χ2n) is 8.30. The van der Waals surface area contributed by atoms with Crippen LogP contribution in [-0.2, 0) is 11.3 Å². The smallest absolute Gasteiger partial charge is 0.265 e. The minimum absolute atomic E-state index is 0.0385. The van der Waals surface area contributed by atoms with Crippen molar-refractivity contribution >= 4 is 40.1 Å². The standard InChI is InChI=1S/C26H26Cl2N4O3/c1-4-35-14-13-31-24-19(15-20(26(31)34)25(33)29-16(2)3)23(17-9-11-18(27)12-10-17)32(30-24)22-8-6-5-7-21(22)28/h5-12,15-16H,4,13-14H2,1-3H3,(H,29,33). The maximum atomic E-state index is 13.5. The molecule has 2 aromatic heterocycles. The highest BCUT2D eigenvalue weighted by molar-refractivity contribution is 6.32. The number of rotatable bonds is 8. The lowest BCUT2D eigenvalue weighted by Crippen LogP contribution is -2.36. The van der Waals surface area contributed by atoms with Crippen molar-refractivity contribution in [2.24, 2.45) is 0 Å². The number of para-hydroxylation sites is 1. The van der Waals surface area contributed by atoms with Crippen molar-refractivity contribution in [3.05, 3.63) is 80.6 Å². The van der Waals surface area contributed by atoms with Gasteiger partial charge in [-0.05, 0) is 51.1 Å². The molecule has 1 N–H and O–H groups in total. The molecule has 0 aliphatic rings. The molecule has 9 heteroatoms. The zero-order valence-corrected chi connectivity index (χ0v) is 21.2. The van der Waals surface area contributed by atoms with E-state index in [4.69, 9.17) is 33.0 Å². The van der Waals surface area contributed by atoms with Crippen LogP contribution < -0.4 is 10.9 Å². The fourth-order valence-corrected chi connectivity index (χ4v) is 4.23. The molecule has 7 nitrogen and oxygen atoms in total. The summed E-state index contributed by atoms with van der Waals surface area (Å²) in [6, 6.07) is 16.1. The number of halogens is 2. The lowest BCUT2D eigenvalue weighted by Gasteiger charge is -2.12. The maximum absolute atomic E-state index is 13.5. The highest BCUT2D eigenvalue weighted by Gasteiger charge is 2.24. The summed E-state index contributed by atoms with van der Waals surface area (Å²) in [7, 11) is 0. The summed E-state index contributed by atoms with van der Waals surface area (Å²) in [5.41, 5.74) is 2.18. The number of nitrogens with one attached hydrogen (secondary N) is 1. The van der Waals surface area contributed by atoms with Gasteiger partial charge in [0.05, 0.1) is 29.6 Å². The second-order valence-corrected chi connectivity index (χ2v) is 9.14. The van der Waals surface area contributed by atoms with Crippen molar-refractivity contribution in [1.29, 1.82) is 0 Å². The third-order valence-corrected chi connectivity index (χ3v) is 6.02. The zero-order valence-electron chi connectivity index (χ0n) is 19.7. The number of fused-ring (bicyclic) bond motifs is 1. The van der Waals surface area contributed by atoms with E-state index in [1.807, 2.05) is 51.1 Å². The number of hydrogen-bond donors (Lipinski definition) is 1. The van der Waals surface area contributed by atoms with Gasteiger partial charge in [-0.15, -0.1) is 5.10 Å². The van der Waals surface area contributed by atoms with E-state index in [1.54, 1.807) is 28.9 Å². The predicted molar refractivity (Wildman–Crippen MR) is 140 cm³/mol. The molecule has 0 unspecified atom stereocenters. The first kappa shape index (κ1) is 25.0. The van der Waals surface area contributed by atoms with E-state index in [2.05, 4.69) is 5.32 Å². The molecule has 2 aromatic carbocycles. The summed E-state index contributed by atoms with van der Waals surface area (Å²) in [4.78, 5) is 26.5. The minimum Gasteiger partial charge on any atom is -0.380 e. The van der Waals surface area contributed by atoms with E-state index in [-0.39, 0.29) is 18.2 Å². The molecule has 4 aromatic rings. The highest BCUT2D eigenvalue weighted by Crippen LogP contribution is 2.34. The van der Waals surface area contributed by atoms with Crippen molar-refractivity contribution in [2.45, 2.75) is 33.4 Å². The van der Waals surface area contributed by atoms with Gasteiger partial charge in [0, 0.05) is 28.6 Å². The monoisotopic (exact) mass is 512 g/mol. The summed E-state index contributed by atoms with van der Waals surface area (Å²) in [6.45, 7) is 6.63. The van der Waals surface area contributed by atoms with Gasteiger partial charge in [0.1, 0.15) is 5.56 Å². The van der Waals surface area contributed by atoms with Crippen LogP contribution in [0.1, 0.15) is 31.1 Å². The fraction of sp³-hybridized carbons (Fsp3) is 0.269. The molecule has 0 saturated heterocycles. The van der Waals surface area contributed by atoms with Gasteiger partial charge in [-0.25, -0.2) is 4.68 Å². The third-order valence-electron chi connectivity index (χ3n) is 5.45. The van der Waals surface area contributed by atoms with Crippen LogP contribution in [0.15, 0.2) is 59.4 Å². The summed E-state index contributed by atoms with van der Waals surface area (Å²) in [5, 5.41) is 9.37. The van der Waals surface area contributed by atoms with Crippen LogP contribution in [0.4, 0.5) is 0 Å². The molecule has 4 rings (SSSR count). The Balaban J connectivity index is 2.08. The Labute approximate surface area is 213 Å². The molecular weight excluding hydrogens is 487 g/mol. The van der Waals surface area contributed by atoms with E-state index in [1.165, 1.54) is 4.57 Å². The first-order valence-electron chi connectivity index (χ1n) is 11.4. The maximum Gasteiger partial charge on any atom is 0.265 e. The Morgan fingerprint density at radius 1 is 1.11 bits per heavy atom. The molecule has 0 atom stereocenters. The second kappa shape index (κ2) is 10.6. The normalized spacial score (nSPS) is 11.4. The van der Waals surface area contributed by atoms with E-state index in [0.29, 0.717) is 45.7 Å². The van der Waals surface area contributed by atoms with Crippen LogP contribution in [0.3, 0.4) is 0 Å². The summed E-state index contributed by atoms with van der Waals surface area (Å²) in [5.74, 6) is -0.440. The largest absolute Gasteiger partial charge is 0.380 e. The first-order chi connectivity index (χ1) is 16.8. The van der Waals surface area contributed by atoms with Crippen LogP contribution >= 0.6 is 23.2 Å². The van der Waals surface area contributed by atoms with Crippen molar-refractivity contribution in [3.8, 4) is 16.9 Å². The number of carbonyl (C=O) groups is 1. The Morgan fingerprint density at radius 3 is 2.49 bits per heavy atom. The molecule has 35 heavy (non-hydrogen) atoms. The molecule has 0 bridgehead atoms. The lowest BCUT2D eigenvalue weighted by atomic mass is 10.1. The Morgan fingerprint density at radius 2 is 1.83 bits per heavy atom.